The first-order chi connectivity index (χ1) is 9.74. The van der Waals surface area contributed by atoms with Gasteiger partial charge in [0.25, 0.3) is 0 Å². The van der Waals surface area contributed by atoms with Crippen molar-refractivity contribution in [3.05, 3.63) is 11.3 Å². The van der Waals surface area contributed by atoms with Crippen molar-refractivity contribution < 1.29 is 0 Å². The normalized spacial score (nSPS) is 35.6. The summed E-state index contributed by atoms with van der Waals surface area (Å²) >= 11 is 0. The van der Waals surface area contributed by atoms with Crippen LogP contribution in [0.2, 0.25) is 0 Å². The van der Waals surface area contributed by atoms with Crippen LogP contribution in [0.25, 0.3) is 0 Å². The molecule has 1 aliphatic heterocycles. The summed E-state index contributed by atoms with van der Waals surface area (Å²) in [5.41, 5.74) is 9.16. The fraction of sp³-hybridized carbons (Fsp3) is 0.824. The largest absolute Gasteiger partial charge is 0.370 e. The lowest BCUT2D eigenvalue weighted by molar-refractivity contribution is 0.245. The molecule has 0 aromatic heterocycles. The third-order valence-electron chi connectivity index (χ3n) is 5.51. The molecular weight excluding hydrogens is 246 g/mol. The minimum Gasteiger partial charge on any atom is -0.370 e. The van der Waals surface area contributed by atoms with Crippen molar-refractivity contribution >= 4 is 5.96 Å². The van der Waals surface area contributed by atoms with Gasteiger partial charge in [-0.3, -0.25) is 0 Å². The van der Waals surface area contributed by atoms with E-state index in [-0.39, 0.29) is 0 Å². The number of hydrogen-bond donors (Lipinski definition) is 2. The highest BCUT2D eigenvalue weighted by atomic mass is 15.1. The Morgan fingerprint density at radius 1 is 1.20 bits per heavy atom. The van der Waals surface area contributed by atoms with E-state index in [0.29, 0.717) is 17.9 Å². The summed E-state index contributed by atoms with van der Waals surface area (Å²) in [5, 5.41) is 3.47. The van der Waals surface area contributed by atoms with Crippen LogP contribution >= 0.6 is 0 Å². The lowest BCUT2D eigenvalue weighted by Gasteiger charge is -2.40. The van der Waals surface area contributed by atoms with E-state index in [1.807, 2.05) is 0 Å². The number of allylic oxidation sites excluding steroid dienone is 1. The van der Waals surface area contributed by atoms with Crippen molar-refractivity contribution in [3.63, 3.8) is 0 Å². The molecule has 0 bridgehead atoms. The maximum absolute atomic E-state index is 6.04. The van der Waals surface area contributed by atoms with Gasteiger partial charge in [0.1, 0.15) is 0 Å². The molecule has 3 aliphatic rings. The molecule has 4 unspecified atom stereocenters. The molecule has 0 aromatic carbocycles. The predicted octanol–water partition coefficient (Wildman–Crippen LogP) is 3.56. The molecule has 4 atom stereocenters. The van der Waals surface area contributed by atoms with Crippen LogP contribution in [-0.2, 0) is 0 Å². The third-order valence-corrected chi connectivity index (χ3v) is 5.51. The minimum absolute atomic E-state index is 0.406. The van der Waals surface area contributed by atoms with Crippen LogP contribution in [0.3, 0.4) is 0 Å². The molecule has 112 valence electrons. The van der Waals surface area contributed by atoms with E-state index in [0.717, 1.165) is 11.8 Å². The molecule has 0 saturated heterocycles. The van der Waals surface area contributed by atoms with Crippen LogP contribution in [0.4, 0.5) is 0 Å². The lowest BCUT2D eigenvalue weighted by atomic mass is 9.69. The Hall–Kier alpha value is -0.990. The number of nitrogens with two attached hydrogens (primary N) is 1. The van der Waals surface area contributed by atoms with E-state index < -0.39 is 0 Å². The number of aliphatic imine (C=N–C) groups is 1. The molecule has 3 rings (SSSR count). The number of guanidine groups is 1. The molecule has 0 radical (unpaired) electrons. The van der Waals surface area contributed by atoms with Crippen molar-refractivity contribution in [3.8, 4) is 0 Å². The molecule has 0 spiro atoms. The van der Waals surface area contributed by atoms with Crippen LogP contribution in [-0.4, -0.2) is 12.0 Å². The highest BCUT2D eigenvalue weighted by Crippen LogP contribution is 2.50. The Morgan fingerprint density at radius 2 is 2.05 bits per heavy atom. The van der Waals surface area contributed by atoms with E-state index in [1.54, 1.807) is 5.57 Å². The summed E-state index contributed by atoms with van der Waals surface area (Å²) in [4.78, 5) is 4.64. The molecule has 3 N–H and O–H groups in total. The summed E-state index contributed by atoms with van der Waals surface area (Å²) < 4.78 is 0. The van der Waals surface area contributed by atoms with Gasteiger partial charge in [-0.1, -0.05) is 39.5 Å². The van der Waals surface area contributed by atoms with Crippen LogP contribution in [0.1, 0.15) is 65.2 Å². The number of hydrogen-bond acceptors (Lipinski definition) is 3. The second kappa shape index (κ2) is 5.79. The Labute approximate surface area is 123 Å². The fourth-order valence-electron chi connectivity index (χ4n) is 4.70. The number of nitrogens with one attached hydrogen (secondary N) is 1. The Kier molecular flexibility index (Phi) is 4.04. The molecular formula is C17H29N3. The highest BCUT2D eigenvalue weighted by molar-refractivity contribution is 5.82. The zero-order valence-corrected chi connectivity index (χ0v) is 13.0. The molecule has 3 heteroatoms. The van der Waals surface area contributed by atoms with Crippen molar-refractivity contribution in [2.45, 2.75) is 71.3 Å². The number of nitrogens with zero attached hydrogens (tertiary/aromatic N) is 1. The van der Waals surface area contributed by atoms with E-state index in [9.17, 15) is 0 Å². The molecule has 1 fully saturated rings. The van der Waals surface area contributed by atoms with E-state index >= 15 is 0 Å². The molecule has 2 aliphatic carbocycles. The molecule has 1 heterocycles. The van der Waals surface area contributed by atoms with Crippen molar-refractivity contribution in [1.29, 1.82) is 0 Å². The van der Waals surface area contributed by atoms with E-state index in [4.69, 9.17) is 5.73 Å². The van der Waals surface area contributed by atoms with Crippen LogP contribution in [0, 0.1) is 17.8 Å². The van der Waals surface area contributed by atoms with Gasteiger partial charge in [0.15, 0.2) is 5.96 Å². The van der Waals surface area contributed by atoms with Gasteiger partial charge < -0.3 is 11.1 Å². The van der Waals surface area contributed by atoms with Gasteiger partial charge in [-0.05, 0) is 43.1 Å². The quantitative estimate of drug-likeness (QED) is 0.806. The predicted molar refractivity (Wildman–Crippen MR) is 84.3 cm³/mol. The second-order valence-electron chi connectivity index (χ2n) is 6.83. The fourth-order valence-corrected chi connectivity index (χ4v) is 4.70. The highest BCUT2D eigenvalue weighted by Gasteiger charge is 2.43. The first kappa shape index (κ1) is 14.0. The molecule has 1 saturated carbocycles. The van der Waals surface area contributed by atoms with Gasteiger partial charge in [-0.2, -0.15) is 0 Å². The zero-order chi connectivity index (χ0) is 14.1. The summed E-state index contributed by atoms with van der Waals surface area (Å²) in [6.45, 7) is 4.61. The maximum Gasteiger partial charge on any atom is 0.193 e. The molecule has 3 nitrogen and oxygen atoms in total. The maximum atomic E-state index is 6.04. The average Bonchev–Trinajstić information content (AvgIpc) is 2.82. The van der Waals surface area contributed by atoms with Gasteiger partial charge in [-0.15, -0.1) is 0 Å². The van der Waals surface area contributed by atoms with Gasteiger partial charge in [0.2, 0.25) is 0 Å². The first-order valence-electron chi connectivity index (χ1n) is 8.58. The van der Waals surface area contributed by atoms with Gasteiger partial charge in [0, 0.05) is 11.6 Å². The standard InChI is InChI=1S/C17H29N3/c1-3-5-7-13-11(6-4-2)10-12-8-9-14-15(12)16(13)20-17(18)19-14/h11-14H,3-10H2,1-2H3,(H3,18,19,20). The monoisotopic (exact) mass is 275 g/mol. The van der Waals surface area contributed by atoms with Crippen LogP contribution < -0.4 is 11.1 Å². The van der Waals surface area contributed by atoms with Gasteiger partial charge >= 0.3 is 0 Å². The van der Waals surface area contributed by atoms with Gasteiger partial charge in [0.05, 0.1) is 6.04 Å². The SMILES string of the molecule is CCCCC1C2=C3C(CCC3N=C(N)N2)CC1CCC. The second-order valence-corrected chi connectivity index (χ2v) is 6.83. The Bertz CT molecular complexity index is 424. The Morgan fingerprint density at radius 3 is 2.80 bits per heavy atom. The molecule has 0 amide bonds. The van der Waals surface area contributed by atoms with E-state index in [2.05, 4.69) is 24.2 Å². The number of unbranched alkanes of at least 4 members (excludes halogenated alkanes) is 1. The average molecular weight is 275 g/mol. The van der Waals surface area contributed by atoms with Crippen molar-refractivity contribution in [1.82, 2.24) is 5.32 Å². The lowest BCUT2D eigenvalue weighted by Crippen LogP contribution is -2.44. The first-order valence-corrected chi connectivity index (χ1v) is 8.58. The molecule has 0 aromatic rings. The third kappa shape index (κ3) is 2.36. The Balaban J connectivity index is 1.90. The van der Waals surface area contributed by atoms with Crippen LogP contribution in [0.15, 0.2) is 16.3 Å². The van der Waals surface area contributed by atoms with Crippen molar-refractivity contribution in [2.75, 3.05) is 0 Å². The molecule has 20 heavy (non-hydrogen) atoms. The summed E-state index contributed by atoms with van der Waals surface area (Å²) in [6, 6.07) is 0.406. The number of rotatable bonds is 5. The van der Waals surface area contributed by atoms with Gasteiger partial charge in [-0.25, -0.2) is 4.99 Å². The smallest absolute Gasteiger partial charge is 0.193 e. The van der Waals surface area contributed by atoms with E-state index in [1.165, 1.54) is 57.1 Å². The summed E-state index contributed by atoms with van der Waals surface area (Å²) in [6.07, 6.45) is 10.5. The van der Waals surface area contributed by atoms with Crippen molar-refractivity contribution in [2.24, 2.45) is 28.5 Å². The zero-order valence-electron chi connectivity index (χ0n) is 13.0. The topological polar surface area (TPSA) is 50.4 Å². The summed E-state index contributed by atoms with van der Waals surface area (Å²) in [5.74, 6) is 3.00. The summed E-state index contributed by atoms with van der Waals surface area (Å²) in [7, 11) is 0. The minimum atomic E-state index is 0.406. The van der Waals surface area contributed by atoms with Crippen LogP contribution in [0.5, 0.6) is 0 Å².